The Morgan fingerprint density at radius 3 is 2.76 bits per heavy atom. The van der Waals surface area contributed by atoms with Crippen molar-refractivity contribution >= 4 is 11.6 Å². The zero-order valence-corrected chi connectivity index (χ0v) is 10.5. The summed E-state index contributed by atoms with van der Waals surface area (Å²) >= 11 is 5.88. The van der Waals surface area contributed by atoms with Gasteiger partial charge in [-0.15, -0.1) is 0 Å². The Bertz CT molecular complexity index is 424. The van der Waals surface area contributed by atoms with E-state index in [1.54, 1.807) is 12.1 Å². The van der Waals surface area contributed by atoms with E-state index >= 15 is 0 Å². The first-order valence-electron chi connectivity index (χ1n) is 6.36. The molecule has 3 heteroatoms. The van der Waals surface area contributed by atoms with Gasteiger partial charge in [0.25, 0.3) is 0 Å². The molecule has 0 radical (unpaired) electrons. The monoisotopic (exact) mass is 253 g/mol. The maximum Gasteiger partial charge on any atom is 0.126 e. The van der Waals surface area contributed by atoms with Crippen molar-refractivity contribution in [2.75, 3.05) is 0 Å². The van der Waals surface area contributed by atoms with E-state index in [-0.39, 0.29) is 11.9 Å². The van der Waals surface area contributed by atoms with Crippen molar-refractivity contribution in [1.29, 1.82) is 0 Å². The van der Waals surface area contributed by atoms with Crippen LogP contribution in [0.3, 0.4) is 0 Å². The van der Waals surface area contributed by atoms with Gasteiger partial charge >= 0.3 is 0 Å². The van der Waals surface area contributed by atoms with Crippen LogP contribution in [0.1, 0.15) is 24.8 Å². The molecule has 0 heterocycles. The van der Waals surface area contributed by atoms with Gasteiger partial charge in [0.15, 0.2) is 0 Å². The molecule has 92 valence electrons. The average molecular weight is 254 g/mol. The van der Waals surface area contributed by atoms with Crippen molar-refractivity contribution in [2.24, 2.45) is 23.5 Å². The molecule has 1 aromatic rings. The summed E-state index contributed by atoms with van der Waals surface area (Å²) in [6.07, 6.45) is 4.61. The minimum Gasteiger partial charge on any atom is -0.327 e. The predicted octanol–water partition coefficient (Wildman–Crippen LogP) is 3.40. The van der Waals surface area contributed by atoms with Gasteiger partial charge in [0.1, 0.15) is 5.82 Å². The number of halogens is 2. The van der Waals surface area contributed by atoms with Crippen LogP contribution >= 0.6 is 11.6 Å². The average Bonchev–Trinajstić information content (AvgIpc) is 2.78. The number of rotatable bonds is 3. The maximum absolute atomic E-state index is 13.6. The lowest BCUT2D eigenvalue weighted by Gasteiger charge is -2.14. The highest BCUT2D eigenvalue weighted by molar-refractivity contribution is 6.30. The molecular weight excluding hydrogens is 237 g/mol. The number of nitrogens with two attached hydrogens (primary N) is 1. The molecule has 0 bridgehead atoms. The Morgan fingerprint density at radius 1 is 1.35 bits per heavy atom. The van der Waals surface area contributed by atoms with Gasteiger partial charge in [-0.1, -0.05) is 18.0 Å². The Balaban J connectivity index is 1.68. The lowest BCUT2D eigenvalue weighted by atomic mass is 9.98. The first-order valence-corrected chi connectivity index (χ1v) is 6.74. The molecule has 2 saturated carbocycles. The van der Waals surface area contributed by atoms with E-state index in [2.05, 4.69) is 0 Å². The molecule has 0 spiro atoms. The van der Waals surface area contributed by atoms with E-state index in [9.17, 15) is 4.39 Å². The van der Waals surface area contributed by atoms with Crippen LogP contribution in [-0.2, 0) is 6.42 Å². The molecule has 2 aliphatic rings. The fourth-order valence-corrected chi connectivity index (χ4v) is 3.80. The van der Waals surface area contributed by atoms with Crippen molar-refractivity contribution < 1.29 is 4.39 Å². The molecule has 3 rings (SSSR count). The minimum absolute atomic E-state index is 0.0956. The molecule has 2 N–H and O–H groups in total. The van der Waals surface area contributed by atoms with Gasteiger partial charge in [-0.05, 0) is 60.8 Å². The summed E-state index contributed by atoms with van der Waals surface area (Å²) in [5.41, 5.74) is 6.87. The first-order chi connectivity index (χ1) is 8.16. The van der Waals surface area contributed by atoms with Crippen LogP contribution in [0.4, 0.5) is 4.39 Å². The standard InChI is InChI=1S/C14H17ClFN/c15-9-4-5-12(16)8(6-9)7-13(17)14-10-2-1-3-11(10)14/h4-6,10-11,13-14H,1-3,7,17H2. The molecule has 3 atom stereocenters. The normalized spacial score (nSPS) is 32.3. The molecule has 1 aromatic carbocycles. The highest BCUT2D eigenvalue weighted by Crippen LogP contribution is 2.58. The van der Waals surface area contributed by atoms with Crippen molar-refractivity contribution in [1.82, 2.24) is 0 Å². The number of fused-ring (bicyclic) bond motifs is 1. The predicted molar refractivity (Wildman–Crippen MR) is 67.4 cm³/mol. The number of hydrogen-bond donors (Lipinski definition) is 1. The molecule has 0 aliphatic heterocycles. The van der Waals surface area contributed by atoms with Crippen molar-refractivity contribution in [3.63, 3.8) is 0 Å². The van der Waals surface area contributed by atoms with Crippen molar-refractivity contribution in [3.05, 3.63) is 34.6 Å². The summed E-state index contributed by atoms with van der Waals surface area (Å²) in [5, 5.41) is 0.588. The van der Waals surface area contributed by atoms with Crippen LogP contribution < -0.4 is 5.73 Å². The quantitative estimate of drug-likeness (QED) is 0.878. The SMILES string of the molecule is NC(Cc1cc(Cl)ccc1F)C1C2CCCC21. The molecule has 0 amide bonds. The second-order valence-electron chi connectivity index (χ2n) is 5.44. The lowest BCUT2D eigenvalue weighted by molar-refractivity contribution is 0.475. The summed E-state index contributed by atoms with van der Waals surface area (Å²) in [6, 6.07) is 4.81. The molecule has 2 fully saturated rings. The van der Waals surface area contributed by atoms with Crippen LogP contribution in [-0.4, -0.2) is 6.04 Å². The highest BCUT2D eigenvalue weighted by atomic mass is 35.5. The van der Waals surface area contributed by atoms with Crippen LogP contribution in [0.5, 0.6) is 0 Å². The van der Waals surface area contributed by atoms with E-state index in [1.807, 2.05) is 0 Å². The summed E-state index contributed by atoms with van der Waals surface area (Å²) in [6.45, 7) is 0. The summed E-state index contributed by atoms with van der Waals surface area (Å²) < 4.78 is 13.6. The smallest absolute Gasteiger partial charge is 0.126 e. The van der Waals surface area contributed by atoms with E-state index in [0.29, 0.717) is 22.9 Å². The van der Waals surface area contributed by atoms with Gasteiger partial charge in [-0.2, -0.15) is 0 Å². The molecular formula is C14H17ClFN. The fraction of sp³-hybridized carbons (Fsp3) is 0.571. The Labute approximate surface area is 106 Å². The Hall–Kier alpha value is -0.600. The fourth-order valence-electron chi connectivity index (χ4n) is 3.60. The van der Waals surface area contributed by atoms with Gasteiger partial charge in [-0.3, -0.25) is 0 Å². The highest BCUT2D eigenvalue weighted by Gasteiger charge is 2.54. The zero-order valence-electron chi connectivity index (χ0n) is 9.70. The second kappa shape index (κ2) is 4.25. The van der Waals surface area contributed by atoms with E-state index in [0.717, 1.165) is 11.8 Å². The maximum atomic E-state index is 13.6. The van der Waals surface area contributed by atoms with E-state index in [1.165, 1.54) is 25.3 Å². The van der Waals surface area contributed by atoms with Crippen LogP contribution in [0.25, 0.3) is 0 Å². The third kappa shape index (κ3) is 2.09. The van der Waals surface area contributed by atoms with E-state index in [4.69, 9.17) is 17.3 Å². The van der Waals surface area contributed by atoms with Crippen LogP contribution in [0.2, 0.25) is 5.02 Å². The summed E-state index contributed by atoms with van der Waals surface area (Å²) in [5.74, 6) is 2.09. The van der Waals surface area contributed by atoms with E-state index < -0.39 is 0 Å². The molecule has 2 aliphatic carbocycles. The molecule has 3 unspecified atom stereocenters. The van der Waals surface area contributed by atoms with Crippen LogP contribution in [0.15, 0.2) is 18.2 Å². The number of hydrogen-bond acceptors (Lipinski definition) is 1. The third-order valence-electron chi connectivity index (χ3n) is 4.43. The summed E-state index contributed by atoms with van der Waals surface area (Å²) in [4.78, 5) is 0. The second-order valence-corrected chi connectivity index (χ2v) is 5.88. The van der Waals surface area contributed by atoms with Crippen LogP contribution in [0, 0.1) is 23.6 Å². The number of benzene rings is 1. The first kappa shape index (κ1) is 11.5. The molecule has 1 nitrogen and oxygen atoms in total. The molecule has 0 saturated heterocycles. The van der Waals surface area contributed by atoms with Gasteiger partial charge in [0.2, 0.25) is 0 Å². The van der Waals surface area contributed by atoms with Crippen molar-refractivity contribution in [3.8, 4) is 0 Å². The largest absolute Gasteiger partial charge is 0.327 e. The Kier molecular flexibility index (Phi) is 2.87. The minimum atomic E-state index is -0.185. The molecule has 17 heavy (non-hydrogen) atoms. The van der Waals surface area contributed by atoms with Gasteiger partial charge in [-0.25, -0.2) is 4.39 Å². The lowest BCUT2D eigenvalue weighted by Crippen LogP contribution is -2.27. The topological polar surface area (TPSA) is 26.0 Å². The van der Waals surface area contributed by atoms with Gasteiger partial charge in [0.05, 0.1) is 0 Å². The van der Waals surface area contributed by atoms with Gasteiger partial charge < -0.3 is 5.73 Å². The third-order valence-corrected chi connectivity index (χ3v) is 4.67. The van der Waals surface area contributed by atoms with Crippen molar-refractivity contribution in [2.45, 2.75) is 31.7 Å². The van der Waals surface area contributed by atoms with Gasteiger partial charge in [0, 0.05) is 11.1 Å². The zero-order chi connectivity index (χ0) is 12.0. The Morgan fingerprint density at radius 2 is 2.06 bits per heavy atom. The summed E-state index contributed by atoms with van der Waals surface area (Å²) in [7, 11) is 0. The molecule has 0 aromatic heterocycles.